The summed E-state index contributed by atoms with van der Waals surface area (Å²) in [6.45, 7) is 7.50. The number of ether oxygens (including phenoxy) is 2. The van der Waals surface area contributed by atoms with Crippen LogP contribution >= 0.6 is 0 Å². The van der Waals surface area contributed by atoms with Gasteiger partial charge in [0, 0.05) is 17.8 Å². The predicted octanol–water partition coefficient (Wildman–Crippen LogP) is 2.63. The number of hydrogen-bond donors (Lipinski definition) is 1. The zero-order valence-corrected chi connectivity index (χ0v) is 15.3. The van der Waals surface area contributed by atoms with E-state index in [1.807, 2.05) is 6.92 Å². The molecule has 2 unspecified atom stereocenters. The first-order valence-electron chi connectivity index (χ1n) is 8.51. The molecule has 0 fully saturated rings. The molecule has 0 radical (unpaired) electrons. The molecular formula is C20H22N2O4. The second-order valence-corrected chi connectivity index (χ2v) is 7.07. The van der Waals surface area contributed by atoms with Gasteiger partial charge in [-0.2, -0.15) is 5.26 Å². The molecule has 3 rings (SSSR count). The summed E-state index contributed by atoms with van der Waals surface area (Å²) in [5, 5.41) is 20.6. The summed E-state index contributed by atoms with van der Waals surface area (Å²) in [5.74, 6) is 1.03. The quantitative estimate of drug-likeness (QED) is 0.916. The Morgan fingerprint density at radius 3 is 2.65 bits per heavy atom. The standard InChI is InChI=1S/C20H22N2O4/c1-5-25-14-8-9-22(17(23)11-14)18-15-10-13(12-21)6-7-16(15)26-19(2,3)20(18,4)24/h6-11,18,24H,5H2,1-4H3. The van der Waals surface area contributed by atoms with Crippen molar-refractivity contribution in [2.45, 2.75) is 44.9 Å². The van der Waals surface area contributed by atoms with Crippen LogP contribution in [0.3, 0.4) is 0 Å². The molecule has 0 saturated carbocycles. The van der Waals surface area contributed by atoms with Gasteiger partial charge in [0.15, 0.2) is 0 Å². The summed E-state index contributed by atoms with van der Waals surface area (Å²) in [4.78, 5) is 12.7. The first kappa shape index (κ1) is 18.0. The van der Waals surface area contributed by atoms with E-state index >= 15 is 0 Å². The van der Waals surface area contributed by atoms with E-state index in [1.54, 1.807) is 51.2 Å². The van der Waals surface area contributed by atoms with Gasteiger partial charge < -0.3 is 19.1 Å². The maximum absolute atomic E-state index is 12.7. The number of nitrogens with zero attached hydrogens (tertiary/aromatic N) is 2. The van der Waals surface area contributed by atoms with E-state index in [-0.39, 0.29) is 5.56 Å². The molecule has 1 aliphatic heterocycles. The number of fused-ring (bicyclic) bond motifs is 1. The highest BCUT2D eigenvalue weighted by atomic mass is 16.5. The zero-order valence-electron chi connectivity index (χ0n) is 15.3. The summed E-state index contributed by atoms with van der Waals surface area (Å²) < 4.78 is 12.8. The van der Waals surface area contributed by atoms with Crippen LogP contribution in [0.4, 0.5) is 0 Å². The van der Waals surface area contributed by atoms with Crippen molar-refractivity contribution in [2.24, 2.45) is 0 Å². The van der Waals surface area contributed by atoms with Crippen molar-refractivity contribution in [1.82, 2.24) is 4.57 Å². The van der Waals surface area contributed by atoms with Crippen LogP contribution in [0.15, 0.2) is 41.3 Å². The lowest BCUT2D eigenvalue weighted by Crippen LogP contribution is -2.60. The summed E-state index contributed by atoms with van der Waals surface area (Å²) >= 11 is 0. The predicted molar refractivity (Wildman–Crippen MR) is 96.5 cm³/mol. The van der Waals surface area contributed by atoms with Crippen molar-refractivity contribution in [3.05, 3.63) is 58.0 Å². The van der Waals surface area contributed by atoms with E-state index in [9.17, 15) is 15.2 Å². The van der Waals surface area contributed by atoms with Gasteiger partial charge in [-0.25, -0.2) is 0 Å². The highest BCUT2D eigenvalue weighted by Gasteiger charge is 2.53. The fourth-order valence-electron chi connectivity index (χ4n) is 3.30. The van der Waals surface area contributed by atoms with E-state index < -0.39 is 17.2 Å². The van der Waals surface area contributed by atoms with Gasteiger partial charge in [0.1, 0.15) is 22.7 Å². The lowest BCUT2D eigenvalue weighted by Gasteiger charge is -2.49. The SMILES string of the molecule is CCOc1ccn(C2c3cc(C#N)ccc3OC(C)(C)C2(C)O)c(=O)c1. The normalized spacial score (nSPS) is 23.5. The van der Waals surface area contributed by atoms with Gasteiger partial charge in [0.25, 0.3) is 5.56 Å². The smallest absolute Gasteiger partial charge is 0.254 e. The summed E-state index contributed by atoms with van der Waals surface area (Å²) in [6.07, 6.45) is 1.61. The Morgan fingerprint density at radius 2 is 2.04 bits per heavy atom. The van der Waals surface area contributed by atoms with E-state index in [1.165, 1.54) is 10.6 Å². The second kappa shape index (κ2) is 6.19. The van der Waals surface area contributed by atoms with Crippen LogP contribution in [0.25, 0.3) is 0 Å². The number of rotatable bonds is 3. The fourth-order valence-corrected chi connectivity index (χ4v) is 3.30. The van der Waals surface area contributed by atoms with Crippen LogP contribution in [-0.2, 0) is 0 Å². The number of nitriles is 1. The highest BCUT2D eigenvalue weighted by molar-refractivity contribution is 5.48. The third-order valence-electron chi connectivity index (χ3n) is 5.06. The molecule has 1 N–H and O–H groups in total. The number of pyridine rings is 1. The fraction of sp³-hybridized carbons (Fsp3) is 0.400. The minimum Gasteiger partial charge on any atom is -0.494 e. The largest absolute Gasteiger partial charge is 0.494 e. The molecule has 0 amide bonds. The van der Waals surface area contributed by atoms with Gasteiger partial charge in [-0.15, -0.1) is 0 Å². The molecule has 1 aromatic carbocycles. The van der Waals surface area contributed by atoms with Crippen LogP contribution in [0.1, 0.15) is 44.9 Å². The molecule has 26 heavy (non-hydrogen) atoms. The molecule has 0 bridgehead atoms. The molecule has 1 aromatic heterocycles. The third kappa shape index (κ3) is 2.74. The Kier molecular flexibility index (Phi) is 4.29. The molecule has 2 aromatic rings. The minimum absolute atomic E-state index is 0.299. The lowest BCUT2D eigenvalue weighted by atomic mass is 9.75. The van der Waals surface area contributed by atoms with E-state index in [4.69, 9.17) is 9.47 Å². The Morgan fingerprint density at radius 1 is 1.31 bits per heavy atom. The van der Waals surface area contributed by atoms with Gasteiger partial charge in [0.05, 0.1) is 24.3 Å². The minimum atomic E-state index is -1.40. The van der Waals surface area contributed by atoms with Crippen molar-refractivity contribution in [3.8, 4) is 17.6 Å². The van der Waals surface area contributed by atoms with Crippen LogP contribution < -0.4 is 15.0 Å². The van der Waals surface area contributed by atoms with Gasteiger partial charge in [-0.1, -0.05) is 0 Å². The summed E-state index contributed by atoms with van der Waals surface area (Å²) in [7, 11) is 0. The Labute approximate surface area is 152 Å². The van der Waals surface area contributed by atoms with Crippen LogP contribution in [-0.4, -0.2) is 27.5 Å². The highest BCUT2D eigenvalue weighted by Crippen LogP contribution is 2.47. The monoisotopic (exact) mass is 354 g/mol. The lowest BCUT2D eigenvalue weighted by molar-refractivity contribution is -0.139. The molecule has 136 valence electrons. The van der Waals surface area contributed by atoms with Gasteiger partial charge >= 0.3 is 0 Å². The number of aliphatic hydroxyl groups is 1. The van der Waals surface area contributed by atoms with Gasteiger partial charge in [0.2, 0.25) is 0 Å². The average molecular weight is 354 g/mol. The van der Waals surface area contributed by atoms with Gasteiger partial charge in [-0.05, 0) is 52.0 Å². The topological polar surface area (TPSA) is 84.5 Å². The molecule has 0 saturated heterocycles. The third-order valence-corrected chi connectivity index (χ3v) is 5.06. The summed E-state index contributed by atoms with van der Waals surface area (Å²) in [5.41, 5.74) is -1.61. The van der Waals surface area contributed by atoms with Crippen LogP contribution in [0, 0.1) is 11.3 Å². The number of benzene rings is 1. The molecule has 6 heteroatoms. The van der Waals surface area contributed by atoms with Crippen molar-refractivity contribution in [1.29, 1.82) is 5.26 Å². The molecule has 0 spiro atoms. The van der Waals surface area contributed by atoms with Crippen molar-refractivity contribution < 1.29 is 14.6 Å². The van der Waals surface area contributed by atoms with Crippen LogP contribution in [0.5, 0.6) is 11.5 Å². The molecule has 2 heterocycles. The maximum Gasteiger partial charge on any atom is 0.254 e. The molecule has 1 aliphatic rings. The Hall–Kier alpha value is -2.78. The molecule has 0 aliphatic carbocycles. The first-order valence-corrected chi connectivity index (χ1v) is 8.51. The van der Waals surface area contributed by atoms with Crippen LogP contribution in [0.2, 0.25) is 0 Å². The Balaban J connectivity index is 2.24. The zero-order chi connectivity index (χ0) is 19.1. The maximum atomic E-state index is 12.7. The molecular weight excluding hydrogens is 332 g/mol. The van der Waals surface area contributed by atoms with Gasteiger partial charge in [-0.3, -0.25) is 4.79 Å². The van der Waals surface area contributed by atoms with E-state index in [0.29, 0.717) is 29.2 Å². The van der Waals surface area contributed by atoms with Crippen molar-refractivity contribution in [3.63, 3.8) is 0 Å². The van der Waals surface area contributed by atoms with Crippen molar-refractivity contribution in [2.75, 3.05) is 6.61 Å². The summed E-state index contributed by atoms with van der Waals surface area (Å²) in [6, 6.07) is 9.50. The average Bonchev–Trinajstić information content (AvgIpc) is 2.57. The number of hydrogen-bond acceptors (Lipinski definition) is 5. The molecule has 2 atom stereocenters. The Bertz CT molecular complexity index is 938. The number of aromatic nitrogens is 1. The first-order chi connectivity index (χ1) is 12.2. The van der Waals surface area contributed by atoms with E-state index in [2.05, 4.69) is 6.07 Å². The molecule has 6 nitrogen and oxygen atoms in total. The van der Waals surface area contributed by atoms with Crippen molar-refractivity contribution >= 4 is 0 Å². The second-order valence-electron chi connectivity index (χ2n) is 7.07. The van der Waals surface area contributed by atoms with E-state index in [0.717, 1.165) is 0 Å².